The van der Waals surface area contributed by atoms with Gasteiger partial charge in [-0.15, -0.1) is 0 Å². The van der Waals surface area contributed by atoms with Crippen LogP contribution in [0, 0.1) is 5.92 Å². The molecule has 1 saturated carbocycles. The van der Waals surface area contributed by atoms with Crippen LogP contribution in [0.2, 0.25) is 0 Å². The first-order chi connectivity index (χ1) is 13.6. The van der Waals surface area contributed by atoms with E-state index in [9.17, 15) is 9.59 Å². The van der Waals surface area contributed by atoms with Crippen molar-refractivity contribution in [3.05, 3.63) is 40.6 Å². The predicted molar refractivity (Wildman–Crippen MR) is 105 cm³/mol. The normalized spacial score (nSPS) is 16.1. The Morgan fingerprint density at radius 1 is 1.36 bits per heavy atom. The lowest BCUT2D eigenvalue weighted by molar-refractivity contribution is -0.117. The molecule has 7 nitrogen and oxygen atoms in total. The van der Waals surface area contributed by atoms with E-state index < -0.39 is 0 Å². The van der Waals surface area contributed by atoms with Crippen LogP contribution in [-0.2, 0) is 17.8 Å². The second kappa shape index (κ2) is 6.63. The minimum absolute atomic E-state index is 0.0512. The molecule has 1 N–H and O–H groups in total. The number of anilines is 1. The van der Waals surface area contributed by atoms with Crippen LogP contribution in [0.15, 0.2) is 28.7 Å². The first-order valence-corrected chi connectivity index (χ1v) is 10.1. The predicted octanol–water partition coefficient (Wildman–Crippen LogP) is 3.44. The van der Waals surface area contributed by atoms with E-state index in [1.807, 2.05) is 18.2 Å². The molecule has 2 amide bonds. The molecule has 3 heterocycles. The third-order valence-electron chi connectivity index (χ3n) is 5.14. The van der Waals surface area contributed by atoms with E-state index >= 15 is 0 Å². The summed E-state index contributed by atoms with van der Waals surface area (Å²) in [4.78, 5) is 32.2. The smallest absolute Gasteiger partial charge is 0.289 e. The summed E-state index contributed by atoms with van der Waals surface area (Å²) in [5.41, 5.74) is 1.54. The van der Waals surface area contributed by atoms with E-state index in [-0.39, 0.29) is 17.7 Å². The molecule has 3 aromatic rings. The number of amides is 2. The average Bonchev–Trinajstić information content (AvgIpc) is 3.34. The van der Waals surface area contributed by atoms with Crippen LogP contribution in [0.4, 0.5) is 5.13 Å². The van der Waals surface area contributed by atoms with Crippen molar-refractivity contribution in [2.75, 3.05) is 19.0 Å². The van der Waals surface area contributed by atoms with Gasteiger partial charge in [0.2, 0.25) is 5.91 Å². The summed E-state index contributed by atoms with van der Waals surface area (Å²) in [7, 11) is 1.58. The Morgan fingerprint density at radius 3 is 3.00 bits per heavy atom. The zero-order valence-corrected chi connectivity index (χ0v) is 16.2. The highest BCUT2D eigenvalue weighted by Crippen LogP contribution is 2.34. The summed E-state index contributed by atoms with van der Waals surface area (Å²) in [5.74, 6) is 0.950. The Morgan fingerprint density at radius 2 is 2.21 bits per heavy atom. The van der Waals surface area contributed by atoms with Crippen LogP contribution >= 0.6 is 11.3 Å². The van der Waals surface area contributed by atoms with E-state index in [1.54, 1.807) is 18.1 Å². The minimum Gasteiger partial charge on any atom is -0.493 e. The maximum atomic E-state index is 13.0. The highest BCUT2D eigenvalue weighted by molar-refractivity contribution is 7.15. The zero-order valence-electron chi connectivity index (χ0n) is 15.4. The maximum Gasteiger partial charge on any atom is 0.289 e. The van der Waals surface area contributed by atoms with Gasteiger partial charge < -0.3 is 19.4 Å². The van der Waals surface area contributed by atoms with E-state index in [0.717, 1.165) is 28.8 Å². The molecule has 28 heavy (non-hydrogen) atoms. The number of thiazole rings is 1. The molecule has 144 valence electrons. The fraction of sp³-hybridized carbons (Fsp3) is 0.350. The van der Waals surface area contributed by atoms with Gasteiger partial charge in [0.1, 0.15) is 0 Å². The van der Waals surface area contributed by atoms with Gasteiger partial charge in [-0.2, -0.15) is 0 Å². The zero-order chi connectivity index (χ0) is 19.3. The fourth-order valence-electron chi connectivity index (χ4n) is 3.43. The second-order valence-electron chi connectivity index (χ2n) is 7.12. The van der Waals surface area contributed by atoms with Gasteiger partial charge in [0, 0.05) is 29.1 Å². The Kier molecular flexibility index (Phi) is 4.08. The number of furan rings is 1. The van der Waals surface area contributed by atoms with Crippen LogP contribution in [0.3, 0.4) is 0 Å². The van der Waals surface area contributed by atoms with Crippen molar-refractivity contribution in [2.45, 2.75) is 25.8 Å². The van der Waals surface area contributed by atoms with Crippen molar-refractivity contribution < 1.29 is 18.7 Å². The summed E-state index contributed by atoms with van der Waals surface area (Å²) in [6.45, 7) is 1.04. The van der Waals surface area contributed by atoms with Crippen molar-refractivity contribution >= 4 is 39.3 Å². The molecule has 0 radical (unpaired) electrons. The SMILES string of the molecule is COc1cccc2cc(C(=O)N3CCc4nc(NC(=O)C5CC5)sc4C3)oc12. The number of fused-ring (bicyclic) bond motifs is 2. The Hall–Kier alpha value is -2.87. The number of hydrogen-bond donors (Lipinski definition) is 1. The number of nitrogens with one attached hydrogen (secondary N) is 1. The number of benzene rings is 1. The number of para-hydroxylation sites is 1. The highest BCUT2D eigenvalue weighted by atomic mass is 32.1. The standard InChI is InChI=1S/C20H19N3O4S/c1-26-14-4-2-3-12-9-15(27-17(12)14)19(25)23-8-7-13-16(10-23)28-20(21-13)22-18(24)11-5-6-11/h2-4,9,11H,5-8,10H2,1H3,(H,21,22,24). The summed E-state index contributed by atoms with van der Waals surface area (Å²) in [6.07, 6.45) is 2.59. The molecular weight excluding hydrogens is 378 g/mol. The van der Waals surface area contributed by atoms with Crippen LogP contribution < -0.4 is 10.1 Å². The molecule has 1 aliphatic heterocycles. The van der Waals surface area contributed by atoms with Crippen LogP contribution in [0.25, 0.3) is 11.0 Å². The number of carbonyl (C=O) groups excluding carboxylic acids is 2. The molecule has 5 rings (SSSR count). The first kappa shape index (κ1) is 17.2. The maximum absolute atomic E-state index is 13.0. The van der Waals surface area contributed by atoms with Gasteiger partial charge in [-0.3, -0.25) is 9.59 Å². The lowest BCUT2D eigenvalue weighted by Crippen LogP contribution is -2.35. The van der Waals surface area contributed by atoms with Crippen LogP contribution in [-0.4, -0.2) is 35.4 Å². The van der Waals surface area contributed by atoms with Crippen molar-refractivity contribution in [2.24, 2.45) is 5.92 Å². The van der Waals surface area contributed by atoms with E-state index in [4.69, 9.17) is 9.15 Å². The van der Waals surface area contributed by atoms with Crippen LogP contribution in [0.1, 0.15) is 34.0 Å². The van der Waals surface area contributed by atoms with Gasteiger partial charge in [0.05, 0.1) is 19.3 Å². The third-order valence-corrected chi connectivity index (χ3v) is 6.13. The molecule has 8 heteroatoms. The molecule has 0 spiro atoms. The molecule has 1 fully saturated rings. The number of rotatable bonds is 4. The van der Waals surface area contributed by atoms with Crippen molar-refractivity contribution in [3.8, 4) is 5.75 Å². The van der Waals surface area contributed by atoms with Gasteiger partial charge in [-0.05, 0) is 25.0 Å². The first-order valence-electron chi connectivity index (χ1n) is 9.27. The molecule has 0 atom stereocenters. The van der Waals surface area contributed by atoms with Gasteiger partial charge in [-0.25, -0.2) is 4.98 Å². The largest absolute Gasteiger partial charge is 0.493 e. The van der Waals surface area contributed by atoms with Gasteiger partial charge >= 0.3 is 0 Å². The van der Waals surface area contributed by atoms with E-state index in [0.29, 0.717) is 41.7 Å². The molecule has 0 unspecified atom stereocenters. The summed E-state index contributed by atoms with van der Waals surface area (Å²) in [6, 6.07) is 7.32. The summed E-state index contributed by atoms with van der Waals surface area (Å²) >= 11 is 1.45. The monoisotopic (exact) mass is 397 g/mol. The molecule has 0 bridgehead atoms. The van der Waals surface area contributed by atoms with Crippen LogP contribution in [0.5, 0.6) is 5.75 Å². The third kappa shape index (κ3) is 3.03. The number of methoxy groups -OCH3 is 1. The number of nitrogens with zero attached hydrogens (tertiary/aromatic N) is 2. The molecule has 0 saturated heterocycles. The summed E-state index contributed by atoms with van der Waals surface area (Å²) < 4.78 is 11.1. The highest BCUT2D eigenvalue weighted by Gasteiger charge is 2.31. The van der Waals surface area contributed by atoms with Crippen molar-refractivity contribution in [1.29, 1.82) is 0 Å². The quantitative estimate of drug-likeness (QED) is 0.729. The lowest BCUT2D eigenvalue weighted by Gasteiger charge is -2.25. The number of aromatic nitrogens is 1. The van der Waals surface area contributed by atoms with Gasteiger partial charge in [0.25, 0.3) is 5.91 Å². The lowest BCUT2D eigenvalue weighted by atomic mass is 10.1. The molecule has 2 aliphatic rings. The number of ether oxygens (including phenoxy) is 1. The molecule has 2 aromatic heterocycles. The number of hydrogen-bond acceptors (Lipinski definition) is 6. The second-order valence-corrected chi connectivity index (χ2v) is 8.20. The molecule has 1 aliphatic carbocycles. The topological polar surface area (TPSA) is 84.7 Å². The van der Waals surface area contributed by atoms with Crippen molar-refractivity contribution in [3.63, 3.8) is 0 Å². The van der Waals surface area contributed by atoms with Gasteiger partial charge in [0.15, 0.2) is 22.2 Å². The molecular formula is C20H19N3O4S. The van der Waals surface area contributed by atoms with Crippen molar-refractivity contribution in [1.82, 2.24) is 9.88 Å². The Balaban J connectivity index is 1.34. The fourth-order valence-corrected chi connectivity index (χ4v) is 4.46. The van der Waals surface area contributed by atoms with E-state index in [1.165, 1.54) is 11.3 Å². The Bertz CT molecular complexity index is 1080. The minimum atomic E-state index is -0.152. The number of carbonyl (C=O) groups is 2. The average molecular weight is 397 g/mol. The molecule has 1 aromatic carbocycles. The van der Waals surface area contributed by atoms with E-state index in [2.05, 4.69) is 10.3 Å². The Labute approximate surface area is 165 Å². The van der Waals surface area contributed by atoms with Gasteiger partial charge in [-0.1, -0.05) is 23.5 Å². The summed E-state index contributed by atoms with van der Waals surface area (Å²) in [5, 5.41) is 4.37.